The van der Waals surface area contributed by atoms with E-state index in [4.69, 9.17) is 4.84 Å². The first kappa shape index (κ1) is 25.5. The van der Waals surface area contributed by atoms with Gasteiger partial charge in [-0.25, -0.2) is 4.79 Å². The van der Waals surface area contributed by atoms with Gasteiger partial charge in [0.1, 0.15) is 5.92 Å². The molecule has 0 spiro atoms. The molecule has 3 N–H and O–H groups in total. The minimum Gasteiger partial charge on any atom is -0.395 e. The first-order chi connectivity index (χ1) is 18.6. The minimum absolute atomic E-state index is 0.0390. The molecule has 0 aromatic heterocycles. The van der Waals surface area contributed by atoms with E-state index >= 15 is 0 Å². The molecule has 0 saturated heterocycles. The van der Waals surface area contributed by atoms with Crippen LogP contribution in [0.15, 0.2) is 115 Å². The van der Waals surface area contributed by atoms with Gasteiger partial charge in [-0.2, -0.15) is 0 Å². The first-order valence-electron chi connectivity index (χ1n) is 12.6. The van der Waals surface area contributed by atoms with E-state index < -0.39 is 24.7 Å². The Balaban J connectivity index is 1.25. The van der Waals surface area contributed by atoms with Gasteiger partial charge in [0.2, 0.25) is 4.79 Å². The maximum absolute atomic E-state index is 13.5. The molecule has 6 nitrogen and oxygen atoms in total. The van der Waals surface area contributed by atoms with Crippen LogP contribution < -0.4 is 5.48 Å². The van der Waals surface area contributed by atoms with E-state index in [1.165, 1.54) is 0 Å². The molecule has 1 radical (unpaired) electrons. The van der Waals surface area contributed by atoms with Crippen molar-refractivity contribution >= 4 is 11.8 Å². The molecule has 5 rings (SSSR count). The largest absolute Gasteiger partial charge is 0.478 e. The van der Waals surface area contributed by atoms with Gasteiger partial charge in [0.25, 0.3) is 0 Å². The van der Waals surface area contributed by atoms with E-state index in [2.05, 4.69) is 29.7 Å². The molecule has 0 amide bonds. The maximum atomic E-state index is 13.5. The van der Waals surface area contributed by atoms with Crippen molar-refractivity contribution in [1.29, 1.82) is 0 Å². The Labute approximate surface area is 221 Å². The van der Waals surface area contributed by atoms with Gasteiger partial charge in [0, 0.05) is 11.8 Å². The Morgan fingerprint density at radius 1 is 0.763 bits per heavy atom. The van der Waals surface area contributed by atoms with Crippen LogP contribution in [0.1, 0.15) is 55.3 Å². The summed E-state index contributed by atoms with van der Waals surface area (Å²) >= 11 is 0. The van der Waals surface area contributed by atoms with Crippen molar-refractivity contribution < 1.29 is 24.6 Å². The molecular formula is C32H29NO5+. The third-order valence-corrected chi connectivity index (χ3v) is 7.12. The second-order valence-corrected chi connectivity index (χ2v) is 9.49. The van der Waals surface area contributed by atoms with Crippen LogP contribution in [0.5, 0.6) is 0 Å². The van der Waals surface area contributed by atoms with Gasteiger partial charge in [-0.1, -0.05) is 91.0 Å². The Hall–Kier alpha value is -4.10. The van der Waals surface area contributed by atoms with Crippen LogP contribution in [0, 0.1) is 5.92 Å². The summed E-state index contributed by atoms with van der Waals surface area (Å²) in [6.07, 6.45) is -1.07. The second kappa shape index (κ2) is 11.5. The highest BCUT2D eigenvalue weighted by molar-refractivity contribution is 6.02. The standard InChI is InChI=1S/C32H29NO5/c34-20-26(30(35)23-14-8-3-9-15-23)33-38-32(37)25-18-16-24(17-19-25)31(36)29-27(21-10-4-1-5-11-21)28(29)22-12-6-2-7-13-22/h1-19,26-30,33-35H,20H2/q+1/t26-,27+,28+,30-/m0/s1. The van der Waals surface area contributed by atoms with Gasteiger partial charge in [-0.15, -0.1) is 5.48 Å². The summed E-state index contributed by atoms with van der Waals surface area (Å²) in [4.78, 5) is 31.3. The van der Waals surface area contributed by atoms with E-state index in [9.17, 15) is 19.8 Å². The van der Waals surface area contributed by atoms with Crippen LogP contribution in [-0.2, 0) is 4.84 Å². The summed E-state index contributed by atoms with van der Waals surface area (Å²) in [5.74, 6) is -0.614. The van der Waals surface area contributed by atoms with E-state index in [1.54, 1.807) is 48.5 Å². The molecule has 4 aromatic rings. The molecule has 38 heavy (non-hydrogen) atoms. The van der Waals surface area contributed by atoms with Crippen LogP contribution >= 0.6 is 0 Å². The lowest BCUT2D eigenvalue weighted by atomic mass is 10.0. The normalized spacial score (nSPS) is 19.8. The Bertz CT molecular complexity index is 1310. The van der Waals surface area contributed by atoms with Crippen molar-refractivity contribution in [2.45, 2.75) is 24.0 Å². The van der Waals surface area contributed by atoms with Crippen LogP contribution in [0.2, 0.25) is 0 Å². The van der Waals surface area contributed by atoms with Gasteiger partial charge >= 0.3 is 11.8 Å². The number of hydrogen-bond donors (Lipinski definition) is 3. The maximum Gasteiger partial charge on any atom is 0.478 e. The Morgan fingerprint density at radius 2 is 1.24 bits per heavy atom. The summed E-state index contributed by atoms with van der Waals surface area (Å²) in [7, 11) is 0. The number of benzene rings is 4. The van der Waals surface area contributed by atoms with Gasteiger partial charge < -0.3 is 15.1 Å². The second-order valence-electron chi connectivity index (χ2n) is 9.49. The molecule has 0 unspecified atom stereocenters. The molecule has 1 aliphatic rings. The lowest BCUT2D eigenvalue weighted by molar-refractivity contribution is -0.0203. The number of aliphatic hydroxyl groups excluding tert-OH is 2. The Morgan fingerprint density at radius 3 is 1.74 bits per heavy atom. The number of nitrogens with one attached hydrogen (secondary N) is 1. The van der Waals surface area contributed by atoms with E-state index in [-0.39, 0.29) is 29.1 Å². The zero-order chi connectivity index (χ0) is 26.5. The predicted octanol–water partition coefficient (Wildman–Crippen LogP) is 4.82. The summed E-state index contributed by atoms with van der Waals surface area (Å²) in [5.41, 5.74) is 6.11. The fourth-order valence-electron chi connectivity index (χ4n) is 5.05. The number of carbonyl (C=O) groups excluding carboxylic acids is 2. The van der Waals surface area contributed by atoms with E-state index in [0.717, 1.165) is 11.1 Å². The van der Waals surface area contributed by atoms with Crippen LogP contribution in [0.25, 0.3) is 0 Å². The fraction of sp³-hybridized carbons (Fsp3) is 0.188. The molecule has 191 valence electrons. The number of hydrogen-bond acceptors (Lipinski definition) is 6. The van der Waals surface area contributed by atoms with Crippen molar-refractivity contribution in [3.63, 3.8) is 0 Å². The molecule has 1 aliphatic carbocycles. The highest BCUT2D eigenvalue weighted by Crippen LogP contribution is 2.61. The fourth-order valence-corrected chi connectivity index (χ4v) is 5.05. The number of rotatable bonds is 10. The molecular weight excluding hydrogens is 478 g/mol. The van der Waals surface area contributed by atoms with E-state index in [1.807, 2.05) is 42.5 Å². The lowest BCUT2D eigenvalue weighted by Gasteiger charge is -2.21. The van der Waals surface area contributed by atoms with E-state index in [0.29, 0.717) is 11.1 Å². The molecule has 6 heteroatoms. The van der Waals surface area contributed by atoms with Gasteiger partial charge in [-0.3, -0.25) is 0 Å². The van der Waals surface area contributed by atoms with Crippen molar-refractivity contribution in [2.75, 3.05) is 6.61 Å². The number of Topliss-reactive ketones (excluding diaryl/α,β-unsaturated/α-hetero) is 1. The number of hydroxylamine groups is 1. The zero-order valence-corrected chi connectivity index (χ0v) is 20.7. The smallest absolute Gasteiger partial charge is 0.395 e. The third kappa shape index (κ3) is 5.43. The van der Waals surface area contributed by atoms with Gasteiger partial charge in [0.15, 0.2) is 0 Å². The molecule has 1 saturated carbocycles. The average Bonchev–Trinajstić information content (AvgIpc) is 3.74. The molecule has 4 aromatic carbocycles. The average molecular weight is 508 g/mol. The topological polar surface area (TPSA) is 98.7 Å². The van der Waals surface area contributed by atoms with Crippen molar-refractivity contribution in [3.8, 4) is 0 Å². The highest BCUT2D eigenvalue weighted by Gasteiger charge is 2.61. The van der Waals surface area contributed by atoms with Crippen molar-refractivity contribution in [3.05, 3.63) is 143 Å². The van der Waals surface area contributed by atoms with Crippen LogP contribution in [0.4, 0.5) is 0 Å². The van der Waals surface area contributed by atoms with Gasteiger partial charge in [0.05, 0.1) is 29.9 Å². The summed E-state index contributed by atoms with van der Waals surface area (Å²) in [6.45, 7) is -0.441. The molecule has 4 atom stereocenters. The van der Waals surface area contributed by atoms with Crippen molar-refractivity contribution in [1.82, 2.24) is 5.48 Å². The zero-order valence-electron chi connectivity index (χ0n) is 20.7. The molecule has 0 aliphatic heterocycles. The summed E-state index contributed by atoms with van der Waals surface area (Å²) in [5, 5.41) is 20.1. The number of ketones is 1. The molecule has 0 heterocycles. The number of carbonyl (C=O) groups is 2. The van der Waals surface area contributed by atoms with Gasteiger partial charge in [-0.05, 0) is 41.0 Å². The predicted molar refractivity (Wildman–Crippen MR) is 143 cm³/mol. The summed E-state index contributed by atoms with van der Waals surface area (Å²) in [6, 6.07) is 34.5. The molecule has 0 bridgehead atoms. The molecule has 1 fully saturated rings. The van der Waals surface area contributed by atoms with Crippen LogP contribution in [-0.4, -0.2) is 34.6 Å². The monoisotopic (exact) mass is 507 g/mol. The number of aliphatic hydroxyl groups is 2. The van der Waals surface area contributed by atoms with Crippen molar-refractivity contribution in [2.24, 2.45) is 5.92 Å². The lowest BCUT2D eigenvalue weighted by Crippen LogP contribution is -2.39. The third-order valence-electron chi connectivity index (χ3n) is 7.12. The minimum atomic E-state index is -1.07. The highest BCUT2D eigenvalue weighted by atomic mass is 16.7. The van der Waals surface area contributed by atoms with Crippen LogP contribution in [0.3, 0.4) is 0 Å². The summed E-state index contributed by atoms with van der Waals surface area (Å²) < 4.78 is 0. The SMILES string of the molecule is O=C(ON[C@@H](CO)[C@@H](O)c1ccccc1)c1ccc(C(=[O+])C2[C@H](c3ccccc3)[C@H]2c2ccccc2)cc1. The Kier molecular flexibility index (Phi) is 7.75. The quantitative estimate of drug-likeness (QED) is 0.162. The first-order valence-corrected chi connectivity index (χ1v) is 12.6.